The average molecular weight is 303 g/mol. The first-order valence-electron chi connectivity index (χ1n) is 6.20. The van der Waals surface area contributed by atoms with Crippen molar-refractivity contribution < 1.29 is 4.79 Å². The molecule has 112 valence electrons. The van der Waals surface area contributed by atoms with Crippen molar-refractivity contribution in [2.45, 2.75) is 25.3 Å². The van der Waals surface area contributed by atoms with Gasteiger partial charge in [0.15, 0.2) is 0 Å². The van der Waals surface area contributed by atoms with Crippen LogP contribution < -0.4 is 22.3 Å². The zero-order valence-electron chi connectivity index (χ0n) is 11.4. The van der Waals surface area contributed by atoms with Crippen molar-refractivity contribution in [2.75, 3.05) is 6.54 Å². The fourth-order valence-corrected chi connectivity index (χ4v) is 2.09. The molecule has 7 nitrogen and oxygen atoms in total. The molecule has 0 saturated heterocycles. The van der Waals surface area contributed by atoms with E-state index >= 15 is 0 Å². The number of nitrogens with two attached hydrogens (primary N) is 1. The summed E-state index contributed by atoms with van der Waals surface area (Å²) < 4.78 is 0.867. The molecule has 0 aromatic carbocycles. The van der Waals surface area contributed by atoms with E-state index in [1.165, 1.54) is 7.05 Å². The van der Waals surface area contributed by atoms with Crippen LogP contribution in [0.2, 0.25) is 0 Å². The number of carbonyl (C=O) groups excluding carboxylic acids is 1. The van der Waals surface area contributed by atoms with Gasteiger partial charge in [0.2, 0.25) is 0 Å². The molecule has 4 N–H and O–H groups in total. The number of aromatic amines is 1. The molecule has 0 aliphatic heterocycles. The van der Waals surface area contributed by atoms with Gasteiger partial charge in [-0.1, -0.05) is 0 Å². The van der Waals surface area contributed by atoms with E-state index in [0.29, 0.717) is 12.5 Å². The van der Waals surface area contributed by atoms with Crippen LogP contribution in [0.5, 0.6) is 0 Å². The number of carbonyl (C=O) groups is 1. The predicted octanol–water partition coefficient (Wildman–Crippen LogP) is -0.647. The maximum atomic E-state index is 12.1. The van der Waals surface area contributed by atoms with Crippen LogP contribution in [0.3, 0.4) is 0 Å². The lowest BCUT2D eigenvalue weighted by atomic mass is 9.95. The van der Waals surface area contributed by atoms with Gasteiger partial charge in [0.05, 0.1) is 5.54 Å². The first-order chi connectivity index (χ1) is 8.89. The molecule has 1 saturated carbocycles. The van der Waals surface area contributed by atoms with Gasteiger partial charge in [-0.2, -0.15) is 0 Å². The SMILES string of the molecule is Cl.Cn1c(=O)[nH]cc(C(=O)NC(C)(CN)C2CC2)c1=O. The maximum absolute atomic E-state index is 12.1. The summed E-state index contributed by atoms with van der Waals surface area (Å²) in [7, 11) is 1.32. The molecule has 1 aromatic heterocycles. The fraction of sp³-hybridized carbons (Fsp3) is 0.583. The largest absolute Gasteiger partial charge is 0.345 e. The van der Waals surface area contributed by atoms with Gasteiger partial charge in [0.25, 0.3) is 11.5 Å². The molecule has 0 bridgehead atoms. The number of aromatic nitrogens is 2. The van der Waals surface area contributed by atoms with Gasteiger partial charge in [0, 0.05) is 19.8 Å². The normalized spacial score (nSPS) is 16.9. The predicted molar refractivity (Wildman–Crippen MR) is 77.2 cm³/mol. The summed E-state index contributed by atoms with van der Waals surface area (Å²) in [6, 6.07) is 0. The third-order valence-electron chi connectivity index (χ3n) is 3.73. The number of nitrogens with one attached hydrogen (secondary N) is 2. The lowest BCUT2D eigenvalue weighted by molar-refractivity contribution is 0.0895. The zero-order valence-corrected chi connectivity index (χ0v) is 12.3. The van der Waals surface area contributed by atoms with Gasteiger partial charge < -0.3 is 16.0 Å². The van der Waals surface area contributed by atoms with E-state index < -0.39 is 22.7 Å². The monoisotopic (exact) mass is 302 g/mol. The van der Waals surface area contributed by atoms with Crippen LogP contribution in [0.1, 0.15) is 30.1 Å². The number of amides is 1. The second-order valence-corrected chi connectivity index (χ2v) is 5.22. The highest BCUT2D eigenvalue weighted by molar-refractivity contribution is 5.94. The van der Waals surface area contributed by atoms with E-state index in [0.717, 1.165) is 23.6 Å². The molecular formula is C12H19ClN4O3. The lowest BCUT2D eigenvalue weighted by Crippen LogP contribution is -2.54. The molecule has 1 aliphatic carbocycles. The van der Waals surface area contributed by atoms with Gasteiger partial charge in [-0.15, -0.1) is 12.4 Å². The Balaban J connectivity index is 0.00000200. The highest BCUT2D eigenvalue weighted by Crippen LogP contribution is 2.38. The molecule has 0 spiro atoms. The molecule has 1 fully saturated rings. The molecule has 1 aliphatic rings. The minimum atomic E-state index is -0.614. The van der Waals surface area contributed by atoms with Crippen LogP contribution in [0.15, 0.2) is 15.8 Å². The minimum Gasteiger partial charge on any atom is -0.345 e. The topological polar surface area (TPSA) is 110 Å². The van der Waals surface area contributed by atoms with Crippen LogP contribution in [0.25, 0.3) is 0 Å². The minimum absolute atomic E-state index is 0. The number of halogens is 1. The van der Waals surface area contributed by atoms with Crippen LogP contribution in [-0.2, 0) is 7.05 Å². The third kappa shape index (κ3) is 2.94. The van der Waals surface area contributed by atoms with Gasteiger partial charge in [-0.3, -0.25) is 14.2 Å². The van der Waals surface area contributed by atoms with Crippen LogP contribution >= 0.6 is 12.4 Å². The maximum Gasteiger partial charge on any atom is 0.328 e. The quantitative estimate of drug-likeness (QED) is 0.686. The average Bonchev–Trinajstić information content (AvgIpc) is 3.20. The molecule has 1 heterocycles. The van der Waals surface area contributed by atoms with E-state index in [-0.39, 0.29) is 18.0 Å². The number of rotatable bonds is 4. The number of hydrogen-bond donors (Lipinski definition) is 3. The summed E-state index contributed by atoms with van der Waals surface area (Å²) in [4.78, 5) is 37.6. The summed E-state index contributed by atoms with van der Waals surface area (Å²) >= 11 is 0. The van der Waals surface area contributed by atoms with E-state index in [4.69, 9.17) is 5.73 Å². The first kappa shape index (κ1) is 16.5. The Bertz CT molecular complexity index is 620. The molecule has 1 atom stereocenters. The fourth-order valence-electron chi connectivity index (χ4n) is 2.09. The molecule has 0 radical (unpaired) electrons. The second kappa shape index (κ2) is 5.80. The van der Waals surface area contributed by atoms with Crippen molar-refractivity contribution in [1.29, 1.82) is 0 Å². The van der Waals surface area contributed by atoms with Crippen molar-refractivity contribution >= 4 is 18.3 Å². The molecule has 1 aromatic rings. The molecular weight excluding hydrogens is 284 g/mol. The Hall–Kier alpha value is -1.60. The van der Waals surface area contributed by atoms with E-state index in [9.17, 15) is 14.4 Å². The first-order valence-corrected chi connectivity index (χ1v) is 6.20. The van der Waals surface area contributed by atoms with Crippen LogP contribution in [0.4, 0.5) is 0 Å². The van der Waals surface area contributed by atoms with E-state index in [1.807, 2.05) is 6.92 Å². The Labute approximate surface area is 122 Å². The Morgan fingerprint density at radius 3 is 2.65 bits per heavy atom. The third-order valence-corrected chi connectivity index (χ3v) is 3.73. The number of hydrogen-bond acceptors (Lipinski definition) is 4. The van der Waals surface area contributed by atoms with Crippen molar-refractivity contribution in [3.8, 4) is 0 Å². The smallest absolute Gasteiger partial charge is 0.328 e. The van der Waals surface area contributed by atoms with Gasteiger partial charge in [0.1, 0.15) is 5.56 Å². The molecule has 1 amide bonds. The van der Waals surface area contributed by atoms with Crippen LogP contribution in [0, 0.1) is 5.92 Å². The summed E-state index contributed by atoms with van der Waals surface area (Å²) in [6.45, 7) is 2.19. The van der Waals surface area contributed by atoms with E-state index in [2.05, 4.69) is 10.3 Å². The summed E-state index contributed by atoms with van der Waals surface area (Å²) in [6.07, 6.45) is 3.19. The Morgan fingerprint density at radius 2 is 2.15 bits per heavy atom. The Morgan fingerprint density at radius 1 is 1.55 bits per heavy atom. The van der Waals surface area contributed by atoms with Crippen molar-refractivity contribution in [3.05, 3.63) is 32.6 Å². The molecule has 1 unspecified atom stereocenters. The van der Waals surface area contributed by atoms with Crippen molar-refractivity contribution in [2.24, 2.45) is 18.7 Å². The summed E-state index contributed by atoms with van der Waals surface area (Å²) in [5.41, 5.74) is 3.96. The number of H-pyrrole nitrogens is 1. The molecule has 2 rings (SSSR count). The van der Waals surface area contributed by atoms with Crippen LogP contribution in [-0.4, -0.2) is 27.5 Å². The standard InChI is InChI=1S/C12H18N4O3.ClH/c1-12(6-13,7-3-4-7)15-9(17)8-5-14-11(19)16(2)10(8)18;/h5,7H,3-4,6,13H2,1-2H3,(H,14,19)(H,15,17);1H. The van der Waals surface area contributed by atoms with Crippen molar-refractivity contribution in [1.82, 2.24) is 14.9 Å². The second-order valence-electron chi connectivity index (χ2n) is 5.22. The number of nitrogens with zero attached hydrogens (tertiary/aromatic N) is 1. The lowest BCUT2D eigenvalue weighted by Gasteiger charge is -2.29. The Kier molecular flexibility index (Phi) is 4.77. The highest BCUT2D eigenvalue weighted by atomic mass is 35.5. The summed E-state index contributed by atoms with van der Waals surface area (Å²) in [5, 5.41) is 2.81. The summed E-state index contributed by atoms with van der Waals surface area (Å²) in [5.74, 6) is -0.148. The highest BCUT2D eigenvalue weighted by Gasteiger charge is 2.41. The molecule has 8 heteroatoms. The molecule has 20 heavy (non-hydrogen) atoms. The van der Waals surface area contributed by atoms with Crippen molar-refractivity contribution in [3.63, 3.8) is 0 Å². The van der Waals surface area contributed by atoms with E-state index in [1.54, 1.807) is 0 Å². The zero-order chi connectivity index (χ0) is 14.2. The van der Waals surface area contributed by atoms with Gasteiger partial charge in [-0.25, -0.2) is 4.79 Å². The van der Waals surface area contributed by atoms with Gasteiger partial charge >= 0.3 is 5.69 Å². The van der Waals surface area contributed by atoms with Gasteiger partial charge in [-0.05, 0) is 25.7 Å².